The van der Waals surface area contributed by atoms with Gasteiger partial charge in [-0.25, -0.2) is 4.39 Å². The molecular weight excluding hydrogens is 519 g/mol. The molecule has 1 atom stereocenters. The van der Waals surface area contributed by atoms with E-state index < -0.39 is 17.8 Å². The second-order valence-corrected chi connectivity index (χ2v) is 9.74. The van der Waals surface area contributed by atoms with E-state index in [4.69, 9.17) is 17.0 Å². The van der Waals surface area contributed by atoms with Crippen LogP contribution in [-0.4, -0.2) is 47.4 Å². The molecule has 2 heterocycles. The van der Waals surface area contributed by atoms with Gasteiger partial charge in [-0.1, -0.05) is 12.1 Å². The summed E-state index contributed by atoms with van der Waals surface area (Å²) in [5, 5.41) is 3.01. The summed E-state index contributed by atoms with van der Waals surface area (Å²) < 4.78 is 18.5. The molecule has 2 saturated heterocycles. The molecule has 2 aliphatic rings. The number of benzene rings is 3. The second-order valence-electron chi connectivity index (χ2n) is 9.37. The molecule has 0 aromatic heterocycles. The molecule has 2 fully saturated rings. The van der Waals surface area contributed by atoms with Gasteiger partial charge in [0.2, 0.25) is 11.8 Å². The molecule has 0 aliphatic carbocycles. The molecule has 2 aliphatic heterocycles. The van der Waals surface area contributed by atoms with Crippen LogP contribution in [0.5, 0.6) is 5.75 Å². The number of amides is 3. The van der Waals surface area contributed by atoms with Gasteiger partial charge >= 0.3 is 0 Å². The SMILES string of the molecule is COc1ccc(N2C(=O)[C@H](CC(=O)Nc3ccc(F)cc3)N(Cc3ccc(N4CCCC4=O)cc3)C2=S)cc1. The summed E-state index contributed by atoms with van der Waals surface area (Å²) in [5.41, 5.74) is 2.71. The first kappa shape index (κ1) is 26.3. The van der Waals surface area contributed by atoms with Gasteiger partial charge in [-0.15, -0.1) is 0 Å². The molecule has 8 nitrogen and oxygen atoms in total. The Balaban J connectivity index is 1.38. The Morgan fingerprint density at radius 1 is 1.00 bits per heavy atom. The molecule has 1 N–H and O–H groups in total. The lowest BCUT2D eigenvalue weighted by Gasteiger charge is -2.24. The normalized spacial score (nSPS) is 17.2. The number of carbonyl (C=O) groups is 3. The fourth-order valence-electron chi connectivity index (χ4n) is 4.80. The highest BCUT2D eigenvalue weighted by Crippen LogP contribution is 2.31. The molecule has 0 radical (unpaired) electrons. The molecule has 39 heavy (non-hydrogen) atoms. The summed E-state index contributed by atoms with van der Waals surface area (Å²) in [6.45, 7) is 0.991. The number of nitrogens with zero attached hydrogens (tertiary/aromatic N) is 3. The summed E-state index contributed by atoms with van der Waals surface area (Å²) >= 11 is 5.76. The van der Waals surface area contributed by atoms with E-state index in [0.29, 0.717) is 36.6 Å². The van der Waals surface area contributed by atoms with Crippen LogP contribution < -0.4 is 19.9 Å². The van der Waals surface area contributed by atoms with Crippen molar-refractivity contribution in [3.8, 4) is 5.75 Å². The minimum absolute atomic E-state index is 0.108. The topological polar surface area (TPSA) is 82.2 Å². The lowest BCUT2D eigenvalue weighted by molar-refractivity contribution is -0.124. The zero-order chi connectivity index (χ0) is 27.5. The number of halogens is 1. The highest BCUT2D eigenvalue weighted by molar-refractivity contribution is 7.80. The van der Waals surface area contributed by atoms with Gasteiger partial charge in [0.15, 0.2) is 5.11 Å². The van der Waals surface area contributed by atoms with Crippen LogP contribution in [0.2, 0.25) is 0 Å². The Hall–Kier alpha value is -4.31. The Bertz CT molecular complexity index is 1400. The van der Waals surface area contributed by atoms with Crippen LogP contribution in [0.25, 0.3) is 0 Å². The first-order chi connectivity index (χ1) is 18.8. The number of ether oxygens (including phenoxy) is 1. The van der Waals surface area contributed by atoms with E-state index in [0.717, 1.165) is 17.7 Å². The molecule has 10 heteroatoms. The maximum Gasteiger partial charge on any atom is 0.256 e. The van der Waals surface area contributed by atoms with Gasteiger partial charge in [0.1, 0.15) is 17.6 Å². The summed E-state index contributed by atoms with van der Waals surface area (Å²) in [4.78, 5) is 43.7. The van der Waals surface area contributed by atoms with Crippen LogP contribution in [0.1, 0.15) is 24.8 Å². The number of carbonyl (C=O) groups excluding carboxylic acids is 3. The molecule has 200 valence electrons. The third kappa shape index (κ3) is 5.61. The number of methoxy groups -OCH3 is 1. The largest absolute Gasteiger partial charge is 0.497 e. The van der Waals surface area contributed by atoms with Gasteiger partial charge < -0.3 is 19.9 Å². The van der Waals surface area contributed by atoms with Crippen molar-refractivity contribution in [2.24, 2.45) is 0 Å². The first-order valence-corrected chi connectivity index (χ1v) is 13.0. The van der Waals surface area contributed by atoms with E-state index in [1.807, 2.05) is 24.3 Å². The van der Waals surface area contributed by atoms with Crippen LogP contribution >= 0.6 is 12.2 Å². The van der Waals surface area contributed by atoms with Crippen molar-refractivity contribution < 1.29 is 23.5 Å². The zero-order valence-corrected chi connectivity index (χ0v) is 22.1. The Labute approximate surface area is 231 Å². The molecule has 5 rings (SSSR count). The minimum Gasteiger partial charge on any atom is -0.497 e. The zero-order valence-electron chi connectivity index (χ0n) is 21.3. The lowest BCUT2D eigenvalue weighted by Crippen LogP contribution is -2.37. The number of rotatable bonds is 8. The number of hydrogen-bond donors (Lipinski definition) is 1. The summed E-state index contributed by atoms with van der Waals surface area (Å²) in [6.07, 6.45) is 1.24. The number of hydrogen-bond acceptors (Lipinski definition) is 5. The standard InChI is InChI=1S/C29H27FN4O4S/c1-38-24-14-12-23(13-15-24)34-28(37)25(17-26(35)31-21-8-6-20(30)7-9-21)33(29(34)39)18-19-4-10-22(11-5-19)32-16-2-3-27(32)36/h4-15,25H,2-3,16-18H2,1H3,(H,31,35)/t25-/m0/s1. The number of anilines is 3. The van der Waals surface area contributed by atoms with Gasteiger partial charge in [0.25, 0.3) is 5.91 Å². The van der Waals surface area contributed by atoms with Crippen molar-refractivity contribution in [3.63, 3.8) is 0 Å². The van der Waals surface area contributed by atoms with Crippen LogP contribution in [0, 0.1) is 5.82 Å². The molecule has 0 saturated carbocycles. The second kappa shape index (κ2) is 11.2. The van der Waals surface area contributed by atoms with E-state index in [-0.39, 0.29) is 23.3 Å². The fraction of sp³-hybridized carbons (Fsp3) is 0.241. The lowest BCUT2D eigenvalue weighted by atomic mass is 10.1. The van der Waals surface area contributed by atoms with E-state index in [2.05, 4.69) is 5.32 Å². The summed E-state index contributed by atoms with van der Waals surface area (Å²) in [7, 11) is 1.56. The van der Waals surface area contributed by atoms with Crippen molar-refractivity contribution in [1.82, 2.24) is 4.90 Å². The van der Waals surface area contributed by atoms with Gasteiger partial charge in [0.05, 0.1) is 19.2 Å². The predicted octanol–water partition coefficient (Wildman–Crippen LogP) is 4.49. The average Bonchev–Trinajstić information content (AvgIpc) is 3.46. The van der Waals surface area contributed by atoms with Crippen molar-refractivity contribution >= 4 is 52.1 Å². The summed E-state index contributed by atoms with van der Waals surface area (Å²) in [6, 6.07) is 19.1. The molecule has 3 aromatic rings. The molecule has 3 aromatic carbocycles. The van der Waals surface area contributed by atoms with Crippen molar-refractivity contribution in [1.29, 1.82) is 0 Å². The maximum absolute atomic E-state index is 13.7. The maximum atomic E-state index is 13.7. The smallest absolute Gasteiger partial charge is 0.256 e. The molecule has 0 spiro atoms. The van der Waals surface area contributed by atoms with E-state index in [1.165, 1.54) is 29.2 Å². The van der Waals surface area contributed by atoms with Crippen molar-refractivity contribution in [2.75, 3.05) is 28.8 Å². The van der Waals surface area contributed by atoms with Gasteiger partial charge in [0, 0.05) is 30.9 Å². The third-order valence-electron chi connectivity index (χ3n) is 6.83. The third-order valence-corrected chi connectivity index (χ3v) is 7.25. The first-order valence-electron chi connectivity index (χ1n) is 12.6. The molecular formula is C29H27FN4O4S. The molecule has 0 bridgehead atoms. The van der Waals surface area contributed by atoms with Crippen LogP contribution in [0.3, 0.4) is 0 Å². The minimum atomic E-state index is -0.847. The molecule has 0 unspecified atom stereocenters. The van der Waals surface area contributed by atoms with E-state index >= 15 is 0 Å². The number of nitrogens with one attached hydrogen (secondary N) is 1. The van der Waals surface area contributed by atoms with Crippen LogP contribution in [0.4, 0.5) is 21.5 Å². The average molecular weight is 547 g/mol. The van der Waals surface area contributed by atoms with E-state index in [9.17, 15) is 18.8 Å². The van der Waals surface area contributed by atoms with Crippen molar-refractivity contribution in [2.45, 2.75) is 31.8 Å². The quantitative estimate of drug-likeness (QED) is 0.420. The highest BCUT2D eigenvalue weighted by atomic mass is 32.1. The number of thiocarbonyl (C=S) groups is 1. The van der Waals surface area contributed by atoms with E-state index in [1.54, 1.807) is 41.2 Å². The highest BCUT2D eigenvalue weighted by Gasteiger charge is 2.44. The predicted molar refractivity (Wildman–Crippen MR) is 150 cm³/mol. The van der Waals surface area contributed by atoms with Crippen LogP contribution in [-0.2, 0) is 20.9 Å². The Morgan fingerprint density at radius 2 is 1.67 bits per heavy atom. The van der Waals surface area contributed by atoms with Gasteiger partial charge in [-0.05, 0) is 84.9 Å². The summed E-state index contributed by atoms with van der Waals surface area (Å²) in [5.74, 6) is -0.381. The Kier molecular flexibility index (Phi) is 7.56. The van der Waals surface area contributed by atoms with Gasteiger partial charge in [-0.2, -0.15) is 0 Å². The van der Waals surface area contributed by atoms with Crippen LogP contribution in [0.15, 0.2) is 72.8 Å². The Morgan fingerprint density at radius 3 is 2.28 bits per heavy atom. The van der Waals surface area contributed by atoms with Gasteiger partial charge in [-0.3, -0.25) is 19.3 Å². The van der Waals surface area contributed by atoms with Crippen molar-refractivity contribution in [3.05, 3.63) is 84.2 Å². The molecule has 3 amide bonds. The fourth-order valence-corrected chi connectivity index (χ4v) is 5.19. The monoisotopic (exact) mass is 546 g/mol.